The second-order valence-corrected chi connectivity index (χ2v) is 6.78. The summed E-state index contributed by atoms with van der Waals surface area (Å²) >= 11 is 0. The zero-order chi connectivity index (χ0) is 17.1. The van der Waals surface area contributed by atoms with Crippen LogP contribution in [0.15, 0.2) is 30.7 Å². The van der Waals surface area contributed by atoms with Gasteiger partial charge in [-0.3, -0.25) is 9.69 Å². The number of imidazole rings is 1. The van der Waals surface area contributed by atoms with Gasteiger partial charge in [-0.15, -0.1) is 0 Å². The number of nitrogens with zero attached hydrogens (tertiary/aromatic N) is 3. The number of ether oxygens (including phenoxy) is 1. The van der Waals surface area contributed by atoms with Crippen molar-refractivity contribution in [2.75, 3.05) is 25.0 Å². The number of carbonyl (C=O) groups excluding carboxylic acids is 1. The average molecular weight is 340 g/mol. The molecule has 0 fully saturated rings. The maximum Gasteiger partial charge on any atom is 0.224 e. The number of hydrogen-bond acceptors (Lipinski definition) is 4. The molecule has 25 heavy (non-hydrogen) atoms. The number of fused-ring (bicyclic) bond motifs is 2. The van der Waals surface area contributed by atoms with Crippen LogP contribution in [0, 0.1) is 0 Å². The summed E-state index contributed by atoms with van der Waals surface area (Å²) in [7, 11) is 0. The van der Waals surface area contributed by atoms with Gasteiger partial charge in [-0.05, 0) is 37.4 Å². The molecule has 1 aromatic carbocycles. The first kappa shape index (κ1) is 16.1. The fourth-order valence-electron chi connectivity index (χ4n) is 3.50. The molecule has 1 aromatic heterocycles. The van der Waals surface area contributed by atoms with Crippen molar-refractivity contribution in [3.63, 3.8) is 0 Å². The molecule has 0 unspecified atom stereocenters. The van der Waals surface area contributed by atoms with E-state index in [1.54, 1.807) is 0 Å². The molecular formula is C19H24N4O2. The smallest absolute Gasteiger partial charge is 0.224 e. The van der Waals surface area contributed by atoms with Crippen LogP contribution in [0.2, 0.25) is 0 Å². The molecule has 0 radical (unpaired) electrons. The number of benzene rings is 1. The van der Waals surface area contributed by atoms with Crippen LogP contribution >= 0.6 is 0 Å². The first-order chi connectivity index (χ1) is 12.3. The Hall–Kier alpha value is -2.34. The Morgan fingerprint density at radius 1 is 1.20 bits per heavy atom. The maximum absolute atomic E-state index is 11.5. The van der Waals surface area contributed by atoms with Gasteiger partial charge in [0.15, 0.2) is 0 Å². The molecule has 0 saturated heterocycles. The molecule has 1 amide bonds. The van der Waals surface area contributed by atoms with Crippen molar-refractivity contribution in [3.8, 4) is 5.75 Å². The van der Waals surface area contributed by atoms with Crippen molar-refractivity contribution in [1.29, 1.82) is 0 Å². The van der Waals surface area contributed by atoms with E-state index in [1.165, 1.54) is 11.3 Å². The summed E-state index contributed by atoms with van der Waals surface area (Å²) in [5.41, 5.74) is 3.40. The average Bonchev–Trinajstić information content (AvgIpc) is 3.09. The molecule has 0 spiro atoms. The number of rotatable bonds is 6. The van der Waals surface area contributed by atoms with Crippen LogP contribution in [0.3, 0.4) is 0 Å². The quantitative estimate of drug-likeness (QED) is 0.821. The van der Waals surface area contributed by atoms with Gasteiger partial charge in [-0.25, -0.2) is 4.98 Å². The Morgan fingerprint density at radius 3 is 3.12 bits per heavy atom. The van der Waals surface area contributed by atoms with Gasteiger partial charge in [0.05, 0.1) is 18.6 Å². The number of nitrogens with one attached hydrogen (secondary N) is 1. The minimum atomic E-state index is 0.0903. The van der Waals surface area contributed by atoms with Crippen molar-refractivity contribution in [1.82, 2.24) is 14.5 Å². The van der Waals surface area contributed by atoms with Crippen LogP contribution in [0.1, 0.15) is 30.5 Å². The Morgan fingerprint density at radius 2 is 2.16 bits per heavy atom. The number of anilines is 1. The number of amides is 1. The van der Waals surface area contributed by atoms with E-state index in [2.05, 4.69) is 25.8 Å². The fraction of sp³-hybridized carbons (Fsp3) is 0.474. The lowest BCUT2D eigenvalue weighted by molar-refractivity contribution is -0.116. The van der Waals surface area contributed by atoms with Gasteiger partial charge in [-0.1, -0.05) is 6.07 Å². The molecule has 6 heteroatoms. The normalized spacial score (nSPS) is 16.9. The van der Waals surface area contributed by atoms with Crippen molar-refractivity contribution in [2.24, 2.45) is 0 Å². The van der Waals surface area contributed by atoms with Crippen molar-refractivity contribution in [3.05, 3.63) is 42.0 Å². The standard InChI is InChI=1S/C19H24N4O2/c24-19-6-4-15-3-5-17(11-18(15)21-19)25-10-2-1-7-22-8-9-23-14-20-12-16(23)13-22/h3,5,11-12,14H,1-2,4,6-10,13H2,(H,21,24). The van der Waals surface area contributed by atoms with Crippen molar-refractivity contribution < 1.29 is 9.53 Å². The van der Waals surface area contributed by atoms with Gasteiger partial charge in [0, 0.05) is 44.0 Å². The monoisotopic (exact) mass is 340 g/mol. The summed E-state index contributed by atoms with van der Waals surface area (Å²) in [5, 5.41) is 2.92. The van der Waals surface area contributed by atoms with Crippen LogP contribution in [0.25, 0.3) is 0 Å². The summed E-state index contributed by atoms with van der Waals surface area (Å²) in [6, 6.07) is 6.00. The first-order valence-corrected chi connectivity index (χ1v) is 9.05. The van der Waals surface area contributed by atoms with E-state index in [0.717, 1.165) is 56.9 Å². The number of unbranched alkanes of at least 4 members (excludes halogenated alkanes) is 1. The van der Waals surface area contributed by atoms with Crippen molar-refractivity contribution >= 4 is 11.6 Å². The number of hydrogen-bond donors (Lipinski definition) is 1. The third-order valence-electron chi connectivity index (χ3n) is 4.96. The predicted molar refractivity (Wildman–Crippen MR) is 95.6 cm³/mol. The van der Waals surface area contributed by atoms with E-state index in [4.69, 9.17) is 4.74 Å². The lowest BCUT2D eigenvalue weighted by atomic mass is 10.0. The van der Waals surface area contributed by atoms with Crippen LogP contribution < -0.4 is 10.1 Å². The minimum Gasteiger partial charge on any atom is -0.494 e. The zero-order valence-corrected chi connectivity index (χ0v) is 14.4. The Kier molecular flexibility index (Phi) is 4.70. The SMILES string of the molecule is O=C1CCc2ccc(OCCCCN3CCn4cncc4C3)cc2N1. The second kappa shape index (κ2) is 7.27. The molecule has 1 N–H and O–H groups in total. The highest BCUT2D eigenvalue weighted by molar-refractivity contribution is 5.94. The van der Waals surface area contributed by atoms with Gasteiger partial charge < -0.3 is 14.6 Å². The van der Waals surface area contributed by atoms with E-state index in [1.807, 2.05) is 24.7 Å². The van der Waals surface area contributed by atoms with Crippen LogP contribution in [0.5, 0.6) is 5.75 Å². The highest BCUT2D eigenvalue weighted by Crippen LogP contribution is 2.27. The number of carbonyl (C=O) groups is 1. The van der Waals surface area contributed by atoms with E-state index in [9.17, 15) is 4.79 Å². The predicted octanol–water partition coefficient (Wildman–Crippen LogP) is 2.44. The fourth-order valence-corrected chi connectivity index (χ4v) is 3.50. The van der Waals surface area contributed by atoms with Crippen LogP contribution in [0.4, 0.5) is 5.69 Å². The number of aryl methyl sites for hydroxylation is 1. The Bertz CT molecular complexity index is 756. The minimum absolute atomic E-state index is 0.0903. The Labute approximate surface area is 147 Å². The Balaban J connectivity index is 1.19. The molecule has 6 nitrogen and oxygen atoms in total. The molecule has 2 aliphatic heterocycles. The summed E-state index contributed by atoms with van der Waals surface area (Å²) in [5.74, 6) is 0.926. The van der Waals surface area contributed by atoms with Gasteiger partial charge in [-0.2, -0.15) is 0 Å². The topological polar surface area (TPSA) is 59.4 Å². The largest absolute Gasteiger partial charge is 0.494 e. The summed E-state index contributed by atoms with van der Waals surface area (Å²) in [6.07, 6.45) is 7.42. The highest BCUT2D eigenvalue weighted by Gasteiger charge is 2.16. The van der Waals surface area contributed by atoms with Crippen molar-refractivity contribution in [2.45, 2.75) is 38.8 Å². The first-order valence-electron chi connectivity index (χ1n) is 9.05. The number of aromatic nitrogens is 2. The van der Waals surface area contributed by atoms with Crippen LogP contribution in [-0.4, -0.2) is 40.1 Å². The summed E-state index contributed by atoms with van der Waals surface area (Å²) in [4.78, 5) is 18.2. The zero-order valence-electron chi connectivity index (χ0n) is 14.4. The van der Waals surface area contributed by atoms with Crippen LogP contribution in [-0.2, 0) is 24.3 Å². The molecule has 2 aromatic rings. The molecular weight excluding hydrogens is 316 g/mol. The second-order valence-electron chi connectivity index (χ2n) is 6.78. The van der Waals surface area contributed by atoms with E-state index in [0.29, 0.717) is 13.0 Å². The molecule has 2 aliphatic rings. The molecule has 0 atom stereocenters. The lowest BCUT2D eigenvalue weighted by Crippen LogP contribution is -2.33. The maximum atomic E-state index is 11.5. The van der Waals surface area contributed by atoms with Gasteiger partial charge >= 0.3 is 0 Å². The highest BCUT2D eigenvalue weighted by atomic mass is 16.5. The molecule has 0 bridgehead atoms. The summed E-state index contributed by atoms with van der Waals surface area (Å²) < 4.78 is 8.09. The lowest BCUT2D eigenvalue weighted by Gasteiger charge is -2.27. The van der Waals surface area contributed by atoms with Gasteiger partial charge in [0.1, 0.15) is 5.75 Å². The summed E-state index contributed by atoms with van der Waals surface area (Å²) in [6.45, 7) is 4.92. The van der Waals surface area contributed by atoms with Gasteiger partial charge in [0.2, 0.25) is 5.91 Å². The molecule has 0 saturated carbocycles. The van der Waals surface area contributed by atoms with E-state index < -0.39 is 0 Å². The molecule has 4 rings (SSSR count). The third kappa shape index (κ3) is 3.85. The van der Waals surface area contributed by atoms with E-state index >= 15 is 0 Å². The molecule has 3 heterocycles. The van der Waals surface area contributed by atoms with Gasteiger partial charge in [0.25, 0.3) is 0 Å². The molecule has 0 aliphatic carbocycles. The van der Waals surface area contributed by atoms with E-state index in [-0.39, 0.29) is 5.91 Å². The molecule has 132 valence electrons. The third-order valence-corrected chi connectivity index (χ3v) is 4.96.